The van der Waals surface area contributed by atoms with Gasteiger partial charge in [0.2, 0.25) is 0 Å². The van der Waals surface area contributed by atoms with Crippen molar-refractivity contribution in [1.29, 1.82) is 0 Å². The summed E-state index contributed by atoms with van der Waals surface area (Å²) in [4.78, 5) is 2.26. The Kier molecular flexibility index (Phi) is 11.0. The van der Waals surface area contributed by atoms with Crippen molar-refractivity contribution in [3.05, 3.63) is 53.6 Å². The highest BCUT2D eigenvalue weighted by Crippen LogP contribution is 2.15. The fourth-order valence-electron chi connectivity index (χ4n) is 1.94. The molecule has 0 saturated carbocycles. The van der Waals surface area contributed by atoms with Crippen molar-refractivity contribution in [2.75, 3.05) is 20.2 Å². The van der Waals surface area contributed by atoms with Crippen LogP contribution in [0.2, 0.25) is 0 Å². The molecule has 0 bridgehead atoms. The molecule has 0 spiro atoms. The standard InChI is InChI=1S/C22H31NO.ClH/c1-7-19(2)18-24-21-13-11-12-20(16-21)17-23(6)15-10-8-9-14-22(3,4)5;/h7-8,10-13,16H,15,17-18H2,1-6H3;1H. The van der Waals surface area contributed by atoms with Crippen LogP contribution in [0.25, 0.3) is 0 Å². The summed E-state index contributed by atoms with van der Waals surface area (Å²) < 4.78 is 5.81. The molecule has 0 saturated heterocycles. The molecular formula is C22H32ClNO. The van der Waals surface area contributed by atoms with Gasteiger partial charge in [0.15, 0.2) is 0 Å². The average molecular weight is 362 g/mol. The molecule has 138 valence electrons. The van der Waals surface area contributed by atoms with Crippen LogP contribution < -0.4 is 4.74 Å². The lowest BCUT2D eigenvalue weighted by molar-refractivity contribution is 0.346. The molecule has 1 aromatic rings. The van der Waals surface area contributed by atoms with Crippen LogP contribution in [0.4, 0.5) is 0 Å². The first-order valence-corrected chi connectivity index (χ1v) is 8.50. The first kappa shape index (κ1) is 23.3. The van der Waals surface area contributed by atoms with Crippen molar-refractivity contribution >= 4 is 12.4 Å². The highest BCUT2D eigenvalue weighted by atomic mass is 35.5. The van der Waals surface area contributed by atoms with Gasteiger partial charge in [-0.05, 0) is 71.0 Å². The highest BCUT2D eigenvalue weighted by molar-refractivity contribution is 5.85. The molecule has 1 rings (SSSR count). The number of ether oxygens (including phenoxy) is 1. The average Bonchev–Trinajstić information content (AvgIpc) is 2.51. The Morgan fingerprint density at radius 1 is 1.28 bits per heavy atom. The van der Waals surface area contributed by atoms with E-state index in [1.165, 1.54) is 11.1 Å². The summed E-state index contributed by atoms with van der Waals surface area (Å²) in [5.74, 6) is 7.23. The van der Waals surface area contributed by atoms with Gasteiger partial charge in [0.25, 0.3) is 0 Å². The number of hydrogen-bond acceptors (Lipinski definition) is 2. The van der Waals surface area contributed by atoms with Crippen LogP contribution in [0.5, 0.6) is 5.75 Å². The molecule has 0 atom stereocenters. The maximum absolute atomic E-state index is 5.81. The normalized spacial score (nSPS) is 11.9. The van der Waals surface area contributed by atoms with E-state index >= 15 is 0 Å². The smallest absolute Gasteiger partial charge is 0.120 e. The van der Waals surface area contributed by atoms with Crippen LogP contribution in [0, 0.1) is 17.3 Å². The van der Waals surface area contributed by atoms with E-state index in [2.05, 4.69) is 75.8 Å². The van der Waals surface area contributed by atoms with Gasteiger partial charge in [-0.1, -0.05) is 36.1 Å². The summed E-state index contributed by atoms with van der Waals surface area (Å²) in [6.07, 6.45) is 6.13. The van der Waals surface area contributed by atoms with Crippen LogP contribution in [0.15, 0.2) is 48.1 Å². The van der Waals surface area contributed by atoms with Crippen LogP contribution in [0.1, 0.15) is 40.2 Å². The van der Waals surface area contributed by atoms with E-state index in [9.17, 15) is 0 Å². The van der Waals surface area contributed by atoms with E-state index in [0.717, 1.165) is 18.8 Å². The Balaban J connectivity index is 0.00000576. The number of likely N-dealkylation sites (N-methyl/N-ethyl adjacent to an activating group) is 1. The minimum atomic E-state index is 0. The van der Waals surface area contributed by atoms with Crippen molar-refractivity contribution in [1.82, 2.24) is 4.90 Å². The van der Waals surface area contributed by atoms with Gasteiger partial charge in [-0.2, -0.15) is 0 Å². The lowest BCUT2D eigenvalue weighted by atomic mass is 9.98. The third-order valence-corrected chi connectivity index (χ3v) is 3.38. The molecule has 0 heterocycles. The summed E-state index contributed by atoms with van der Waals surface area (Å²) in [7, 11) is 2.11. The minimum absolute atomic E-state index is 0. The molecule has 0 N–H and O–H groups in total. The molecule has 0 aliphatic carbocycles. The fraction of sp³-hybridized carbons (Fsp3) is 0.455. The summed E-state index contributed by atoms with van der Waals surface area (Å²) in [5, 5.41) is 0. The van der Waals surface area contributed by atoms with Gasteiger partial charge in [-0.3, -0.25) is 4.90 Å². The van der Waals surface area contributed by atoms with E-state index in [1.54, 1.807) is 0 Å². The molecular weight excluding hydrogens is 330 g/mol. The third-order valence-electron chi connectivity index (χ3n) is 3.38. The maximum Gasteiger partial charge on any atom is 0.120 e. The number of halogens is 1. The lowest BCUT2D eigenvalue weighted by Gasteiger charge is -2.15. The number of rotatable bonds is 7. The minimum Gasteiger partial charge on any atom is -0.489 e. The summed E-state index contributed by atoms with van der Waals surface area (Å²) >= 11 is 0. The molecule has 25 heavy (non-hydrogen) atoms. The Labute approximate surface area is 160 Å². The Hall–Kier alpha value is -1.69. The summed E-state index contributed by atoms with van der Waals surface area (Å²) in [5.41, 5.74) is 2.54. The zero-order chi connectivity index (χ0) is 18.0. The molecule has 0 aliphatic heterocycles. The van der Waals surface area contributed by atoms with Gasteiger partial charge in [0.1, 0.15) is 12.4 Å². The monoisotopic (exact) mass is 361 g/mol. The first-order valence-electron chi connectivity index (χ1n) is 8.50. The van der Waals surface area contributed by atoms with E-state index < -0.39 is 0 Å². The second-order valence-corrected chi connectivity index (χ2v) is 7.19. The summed E-state index contributed by atoms with van der Waals surface area (Å²) in [6, 6.07) is 8.31. The Morgan fingerprint density at radius 2 is 2.00 bits per heavy atom. The van der Waals surface area contributed by atoms with Gasteiger partial charge in [-0.15, -0.1) is 12.4 Å². The van der Waals surface area contributed by atoms with E-state index in [4.69, 9.17) is 4.74 Å². The molecule has 1 aromatic carbocycles. The van der Waals surface area contributed by atoms with Crippen molar-refractivity contribution in [3.8, 4) is 17.6 Å². The van der Waals surface area contributed by atoms with Crippen molar-refractivity contribution in [2.45, 2.75) is 41.2 Å². The maximum atomic E-state index is 5.81. The zero-order valence-electron chi connectivity index (χ0n) is 16.4. The van der Waals surface area contributed by atoms with E-state index in [0.29, 0.717) is 6.61 Å². The van der Waals surface area contributed by atoms with Crippen molar-refractivity contribution in [3.63, 3.8) is 0 Å². The second-order valence-electron chi connectivity index (χ2n) is 7.19. The van der Waals surface area contributed by atoms with E-state index in [1.807, 2.05) is 25.1 Å². The molecule has 0 radical (unpaired) electrons. The molecule has 0 amide bonds. The first-order chi connectivity index (χ1) is 11.3. The predicted octanol–water partition coefficient (Wildman–Crippen LogP) is 5.49. The number of nitrogens with zero attached hydrogens (tertiary/aromatic N) is 1. The molecule has 3 heteroatoms. The van der Waals surface area contributed by atoms with Gasteiger partial charge in [0.05, 0.1) is 0 Å². The van der Waals surface area contributed by atoms with Crippen molar-refractivity contribution < 1.29 is 4.74 Å². The molecule has 0 unspecified atom stereocenters. The van der Waals surface area contributed by atoms with Gasteiger partial charge < -0.3 is 4.74 Å². The predicted molar refractivity (Wildman–Crippen MR) is 111 cm³/mol. The quantitative estimate of drug-likeness (QED) is 0.470. The number of allylic oxidation sites excluding steroid dienone is 2. The van der Waals surface area contributed by atoms with Crippen LogP contribution >= 0.6 is 12.4 Å². The van der Waals surface area contributed by atoms with Gasteiger partial charge in [0, 0.05) is 18.5 Å². The fourth-order valence-corrected chi connectivity index (χ4v) is 1.94. The van der Waals surface area contributed by atoms with Gasteiger partial charge in [-0.25, -0.2) is 0 Å². The van der Waals surface area contributed by atoms with Crippen molar-refractivity contribution in [2.24, 2.45) is 5.41 Å². The summed E-state index contributed by atoms with van der Waals surface area (Å²) in [6.45, 7) is 12.9. The molecule has 0 aliphatic rings. The molecule has 0 fully saturated rings. The van der Waals surface area contributed by atoms with Crippen LogP contribution in [0.3, 0.4) is 0 Å². The van der Waals surface area contributed by atoms with Crippen LogP contribution in [-0.2, 0) is 6.54 Å². The topological polar surface area (TPSA) is 12.5 Å². The largest absolute Gasteiger partial charge is 0.489 e. The number of hydrogen-bond donors (Lipinski definition) is 0. The van der Waals surface area contributed by atoms with Crippen LogP contribution in [-0.4, -0.2) is 25.1 Å². The van der Waals surface area contributed by atoms with Gasteiger partial charge >= 0.3 is 0 Å². The Morgan fingerprint density at radius 3 is 2.64 bits per heavy atom. The highest BCUT2D eigenvalue weighted by Gasteiger charge is 2.03. The lowest BCUT2D eigenvalue weighted by Crippen LogP contribution is -2.17. The number of benzene rings is 1. The second kappa shape index (κ2) is 11.8. The zero-order valence-corrected chi connectivity index (χ0v) is 17.2. The SMILES string of the molecule is CC=C(C)COc1cccc(CN(C)CC=CC#CC(C)(C)C)c1.Cl. The molecule has 0 aromatic heterocycles. The Bertz CT molecular complexity index is 629. The third kappa shape index (κ3) is 11.5. The van der Waals surface area contributed by atoms with E-state index in [-0.39, 0.29) is 17.8 Å². The molecule has 2 nitrogen and oxygen atoms in total.